The Morgan fingerprint density at radius 3 is 2.21 bits per heavy atom. The Kier molecular flexibility index (Phi) is 7.76. The summed E-state index contributed by atoms with van der Waals surface area (Å²) in [6.07, 6.45) is 0. The average Bonchev–Trinajstić information content (AvgIpc) is 3.17. The maximum Gasteiger partial charge on any atom is 0.300 e. The molecule has 1 fully saturated rings. The number of carbonyl (C=O) groups excluding carboxylic acids is 3. The van der Waals surface area contributed by atoms with Crippen molar-refractivity contribution in [1.29, 1.82) is 0 Å². The lowest BCUT2D eigenvalue weighted by Gasteiger charge is -2.27. The zero-order valence-electron chi connectivity index (χ0n) is 22.9. The molecular formula is C31H32N2O6. The van der Waals surface area contributed by atoms with Crippen LogP contribution in [-0.2, 0) is 14.4 Å². The molecule has 0 spiro atoms. The van der Waals surface area contributed by atoms with Crippen LogP contribution in [0.25, 0.3) is 5.76 Å². The van der Waals surface area contributed by atoms with Crippen LogP contribution in [0.15, 0.2) is 66.2 Å². The van der Waals surface area contributed by atoms with E-state index in [9.17, 15) is 19.5 Å². The number of amides is 2. The minimum absolute atomic E-state index is 0.0431. The fourth-order valence-electron chi connectivity index (χ4n) is 4.92. The lowest BCUT2D eigenvalue weighted by atomic mass is 9.90. The van der Waals surface area contributed by atoms with Crippen LogP contribution in [0.1, 0.15) is 55.0 Å². The lowest BCUT2D eigenvalue weighted by molar-refractivity contribution is -0.132. The number of hydrogen-bond donors (Lipinski definition) is 2. The molecule has 2 N–H and O–H groups in total. The van der Waals surface area contributed by atoms with Crippen LogP contribution in [-0.4, -0.2) is 36.9 Å². The highest BCUT2D eigenvalue weighted by Crippen LogP contribution is 2.46. The van der Waals surface area contributed by atoms with Crippen molar-refractivity contribution in [3.05, 3.63) is 88.5 Å². The number of Topliss-reactive ketones (excluding diaryl/α,β-unsaturated/α-hetero) is 1. The van der Waals surface area contributed by atoms with E-state index in [2.05, 4.69) is 5.32 Å². The van der Waals surface area contributed by atoms with Crippen molar-refractivity contribution in [3.63, 3.8) is 0 Å². The molecular weight excluding hydrogens is 496 g/mol. The normalized spacial score (nSPS) is 16.5. The van der Waals surface area contributed by atoms with Crippen molar-refractivity contribution in [2.45, 2.75) is 39.7 Å². The molecule has 1 aliphatic heterocycles. The molecule has 0 bridgehead atoms. The molecule has 1 unspecified atom stereocenters. The van der Waals surface area contributed by atoms with Crippen molar-refractivity contribution >= 4 is 34.7 Å². The number of benzene rings is 3. The van der Waals surface area contributed by atoms with E-state index in [1.54, 1.807) is 55.6 Å². The summed E-state index contributed by atoms with van der Waals surface area (Å²) < 4.78 is 11.1. The molecule has 8 heteroatoms. The first-order valence-corrected chi connectivity index (χ1v) is 12.6. The van der Waals surface area contributed by atoms with E-state index in [-0.39, 0.29) is 23.2 Å². The third-order valence-corrected chi connectivity index (χ3v) is 6.80. The van der Waals surface area contributed by atoms with E-state index in [0.717, 1.165) is 5.56 Å². The van der Waals surface area contributed by atoms with Crippen molar-refractivity contribution in [1.82, 2.24) is 0 Å². The largest absolute Gasteiger partial charge is 0.507 e. The third-order valence-electron chi connectivity index (χ3n) is 6.80. The molecule has 4 rings (SSSR count). The molecule has 1 aliphatic rings. The lowest BCUT2D eigenvalue weighted by Crippen LogP contribution is -2.29. The van der Waals surface area contributed by atoms with Gasteiger partial charge in [0.05, 0.1) is 25.8 Å². The average molecular weight is 529 g/mol. The van der Waals surface area contributed by atoms with Crippen molar-refractivity contribution < 1.29 is 29.0 Å². The maximum absolute atomic E-state index is 13.6. The molecule has 2 amide bonds. The van der Waals surface area contributed by atoms with Crippen molar-refractivity contribution in [2.24, 2.45) is 0 Å². The SMILES string of the molecule is COc1cc(C)c(/C(O)=C2\C(=O)C(=O)N(c3ccc(NC(C)=O)cc3)C2c2ccccc2OC)cc1C(C)C. The molecule has 8 nitrogen and oxygen atoms in total. The summed E-state index contributed by atoms with van der Waals surface area (Å²) in [5.41, 5.74) is 3.47. The summed E-state index contributed by atoms with van der Waals surface area (Å²) in [6.45, 7) is 7.24. The van der Waals surface area contributed by atoms with Gasteiger partial charge in [-0.2, -0.15) is 0 Å². The first-order valence-electron chi connectivity index (χ1n) is 12.6. The molecule has 1 saturated heterocycles. The van der Waals surface area contributed by atoms with E-state index in [4.69, 9.17) is 9.47 Å². The fraction of sp³-hybridized carbons (Fsp3) is 0.258. The van der Waals surface area contributed by atoms with Gasteiger partial charge in [-0.3, -0.25) is 19.3 Å². The van der Waals surface area contributed by atoms with Gasteiger partial charge in [0.1, 0.15) is 17.3 Å². The Morgan fingerprint density at radius 1 is 0.974 bits per heavy atom. The number of para-hydroxylation sites is 1. The van der Waals surface area contributed by atoms with E-state index in [0.29, 0.717) is 39.6 Å². The van der Waals surface area contributed by atoms with Crippen LogP contribution in [0.2, 0.25) is 0 Å². The van der Waals surface area contributed by atoms with Crippen LogP contribution >= 0.6 is 0 Å². The summed E-state index contributed by atoms with van der Waals surface area (Å²) >= 11 is 0. The second kappa shape index (κ2) is 11.0. The van der Waals surface area contributed by atoms with Gasteiger partial charge in [0.15, 0.2) is 0 Å². The van der Waals surface area contributed by atoms with Gasteiger partial charge in [-0.15, -0.1) is 0 Å². The highest BCUT2D eigenvalue weighted by atomic mass is 16.5. The van der Waals surface area contributed by atoms with Crippen LogP contribution in [0.5, 0.6) is 11.5 Å². The fourth-order valence-corrected chi connectivity index (χ4v) is 4.92. The van der Waals surface area contributed by atoms with Gasteiger partial charge in [-0.25, -0.2) is 0 Å². The molecule has 1 heterocycles. The minimum atomic E-state index is -0.961. The molecule has 202 valence electrons. The second-order valence-electron chi connectivity index (χ2n) is 9.70. The predicted octanol–water partition coefficient (Wildman–Crippen LogP) is 5.72. The number of methoxy groups -OCH3 is 2. The van der Waals surface area contributed by atoms with Crippen LogP contribution < -0.4 is 19.7 Å². The first kappa shape index (κ1) is 27.4. The second-order valence-corrected chi connectivity index (χ2v) is 9.70. The number of aliphatic hydroxyl groups excluding tert-OH is 1. The number of aliphatic hydroxyl groups is 1. The van der Waals surface area contributed by atoms with Crippen molar-refractivity contribution in [3.8, 4) is 11.5 Å². The maximum atomic E-state index is 13.6. The van der Waals surface area contributed by atoms with E-state index in [1.807, 2.05) is 32.9 Å². The predicted molar refractivity (Wildman–Crippen MR) is 150 cm³/mol. The van der Waals surface area contributed by atoms with Gasteiger partial charge in [0.2, 0.25) is 5.91 Å². The van der Waals surface area contributed by atoms with Gasteiger partial charge in [-0.1, -0.05) is 32.0 Å². The number of ketones is 1. The standard InChI is InChI=1S/C31H32N2O6/c1-17(2)23-16-24(18(3)15-26(23)39-6)29(35)27-28(22-9-7-8-10-25(22)38-5)33(31(37)30(27)36)21-13-11-20(12-14-21)32-19(4)34/h7-17,28,35H,1-6H3,(H,32,34)/b29-27+. The Bertz CT molecular complexity index is 1470. The number of rotatable bonds is 7. The number of aryl methyl sites for hydroxylation is 1. The highest BCUT2D eigenvalue weighted by molar-refractivity contribution is 6.51. The van der Waals surface area contributed by atoms with E-state index in [1.165, 1.54) is 18.9 Å². The summed E-state index contributed by atoms with van der Waals surface area (Å²) in [4.78, 5) is 40.0. The van der Waals surface area contributed by atoms with Gasteiger partial charge in [0.25, 0.3) is 11.7 Å². The summed E-state index contributed by atoms with van der Waals surface area (Å²) in [5.74, 6) is -0.867. The Labute approximate surface area is 227 Å². The smallest absolute Gasteiger partial charge is 0.300 e. The number of ether oxygens (including phenoxy) is 2. The Morgan fingerprint density at radius 2 is 1.62 bits per heavy atom. The molecule has 39 heavy (non-hydrogen) atoms. The molecule has 0 aromatic heterocycles. The molecule has 0 radical (unpaired) electrons. The minimum Gasteiger partial charge on any atom is -0.507 e. The third kappa shape index (κ3) is 5.10. The topological polar surface area (TPSA) is 105 Å². The Balaban J connectivity index is 1.97. The number of hydrogen-bond acceptors (Lipinski definition) is 6. The number of nitrogens with zero attached hydrogens (tertiary/aromatic N) is 1. The number of carbonyl (C=O) groups is 3. The summed E-state index contributed by atoms with van der Waals surface area (Å²) in [6, 6.07) is 16.3. The van der Waals surface area contributed by atoms with Gasteiger partial charge in [-0.05, 0) is 66.4 Å². The molecule has 3 aromatic rings. The van der Waals surface area contributed by atoms with Gasteiger partial charge in [0, 0.05) is 29.4 Å². The van der Waals surface area contributed by atoms with Crippen LogP contribution in [0.3, 0.4) is 0 Å². The summed E-state index contributed by atoms with van der Waals surface area (Å²) in [5, 5.41) is 14.4. The zero-order valence-corrected chi connectivity index (χ0v) is 22.9. The monoisotopic (exact) mass is 528 g/mol. The first-order chi connectivity index (χ1) is 18.6. The molecule has 1 atom stereocenters. The molecule has 0 aliphatic carbocycles. The number of anilines is 2. The van der Waals surface area contributed by atoms with E-state index >= 15 is 0 Å². The van der Waals surface area contributed by atoms with E-state index < -0.39 is 17.7 Å². The summed E-state index contributed by atoms with van der Waals surface area (Å²) in [7, 11) is 3.10. The number of nitrogens with one attached hydrogen (secondary N) is 1. The van der Waals surface area contributed by atoms with Crippen LogP contribution in [0.4, 0.5) is 11.4 Å². The quantitative estimate of drug-likeness (QED) is 0.231. The molecule has 0 saturated carbocycles. The molecule has 3 aromatic carbocycles. The zero-order chi connectivity index (χ0) is 28.4. The Hall–Kier alpha value is -4.59. The highest BCUT2D eigenvalue weighted by Gasteiger charge is 2.48. The van der Waals surface area contributed by atoms with Gasteiger partial charge >= 0.3 is 0 Å². The van der Waals surface area contributed by atoms with Crippen molar-refractivity contribution in [2.75, 3.05) is 24.4 Å². The van der Waals surface area contributed by atoms with Crippen LogP contribution in [0, 0.1) is 6.92 Å². The van der Waals surface area contributed by atoms with Gasteiger partial charge < -0.3 is 19.9 Å².